The molecule has 138 valence electrons. The van der Waals surface area contributed by atoms with Crippen LogP contribution in [-0.2, 0) is 9.53 Å². The molecule has 2 heterocycles. The van der Waals surface area contributed by atoms with Crippen LogP contribution in [0.25, 0.3) is 0 Å². The minimum atomic E-state index is -0.234. The lowest BCUT2D eigenvalue weighted by Gasteiger charge is -2.31. The van der Waals surface area contributed by atoms with Gasteiger partial charge in [0.15, 0.2) is 0 Å². The lowest BCUT2D eigenvalue weighted by Crippen LogP contribution is -2.44. The molecule has 1 aromatic heterocycles. The molecule has 1 aliphatic rings. The first kappa shape index (κ1) is 19.0. The van der Waals surface area contributed by atoms with E-state index in [4.69, 9.17) is 4.74 Å². The van der Waals surface area contributed by atoms with Gasteiger partial charge in [-0.1, -0.05) is 0 Å². The van der Waals surface area contributed by atoms with Gasteiger partial charge in [-0.2, -0.15) is 0 Å². The minimum Gasteiger partial charge on any atom is -0.466 e. The molecule has 0 aromatic carbocycles. The average molecular weight is 348 g/mol. The number of nitrogens with one attached hydrogen (secondary N) is 1. The van der Waals surface area contributed by atoms with Crippen LogP contribution in [0.1, 0.15) is 33.6 Å². The summed E-state index contributed by atoms with van der Waals surface area (Å²) in [7, 11) is 0. The topological polar surface area (TPSA) is 74.8 Å². The second-order valence-electron chi connectivity index (χ2n) is 6.04. The van der Waals surface area contributed by atoms with Gasteiger partial charge in [-0.15, -0.1) is 0 Å². The number of carbonyl (C=O) groups excluding carboxylic acids is 2. The van der Waals surface area contributed by atoms with Crippen molar-refractivity contribution in [2.75, 3.05) is 43.0 Å². The van der Waals surface area contributed by atoms with Gasteiger partial charge in [0.05, 0.1) is 24.4 Å². The Hall–Kier alpha value is -2.31. The van der Waals surface area contributed by atoms with Crippen LogP contribution >= 0.6 is 0 Å². The summed E-state index contributed by atoms with van der Waals surface area (Å²) in [5.74, 6) is 0.441. The molecular formula is C18H28N4O3. The van der Waals surface area contributed by atoms with E-state index in [1.807, 2.05) is 12.1 Å². The summed E-state index contributed by atoms with van der Waals surface area (Å²) >= 11 is 0. The van der Waals surface area contributed by atoms with E-state index >= 15 is 0 Å². The molecule has 0 bridgehead atoms. The van der Waals surface area contributed by atoms with Crippen LogP contribution < -0.4 is 10.2 Å². The molecule has 1 unspecified atom stereocenters. The Morgan fingerprint density at radius 2 is 2.08 bits per heavy atom. The highest BCUT2D eigenvalue weighted by molar-refractivity contribution is 5.89. The number of nitrogens with zero attached hydrogens (tertiary/aromatic N) is 3. The molecule has 0 radical (unpaired) electrons. The fourth-order valence-corrected chi connectivity index (χ4v) is 3.01. The Balaban J connectivity index is 1.93. The van der Waals surface area contributed by atoms with E-state index in [0.29, 0.717) is 25.4 Å². The molecule has 1 fully saturated rings. The summed E-state index contributed by atoms with van der Waals surface area (Å²) in [4.78, 5) is 32.6. The minimum absolute atomic E-state index is 0.202. The molecule has 2 amide bonds. The number of amides is 2. The third-order valence-corrected chi connectivity index (χ3v) is 4.42. The van der Waals surface area contributed by atoms with Crippen molar-refractivity contribution in [3.63, 3.8) is 0 Å². The van der Waals surface area contributed by atoms with Gasteiger partial charge in [0.25, 0.3) is 0 Å². The van der Waals surface area contributed by atoms with Gasteiger partial charge in [0.1, 0.15) is 5.82 Å². The Bertz CT molecular complexity index is 572. The van der Waals surface area contributed by atoms with Crippen molar-refractivity contribution < 1.29 is 14.3 Å². The van der Waals surface area contributed by atoms with E-state index < -0.39 is 0 Å². The SMILES string of the molecule is CCOC(=O)C1CCCN(C(=O)Nc2ccc(N(CC)CC)nc2)C1. The monoisotopic (exact) mass is 348 g/mol. The number of urea groups is 1. The zero-order valence-corrected chi connectivity index (χ0v) is 15.3. The van der Waals surface area contributed by atoms with E-state index in [9.17, 15) is 9.59 Å². The van der Waals surface area contributed by atoms with Crippen molar-refractivity contribution in [1.82, 2.24) is 9.88 Å². The predicted molar refractivity (Wildman–Crippen MR) is 97.7 cm³/mol. The second-order valence-corrected chi connectivity index (χ2v) is 6.04. The summed E-state index contributed by atoms with van der Waals surface area (Å²) < 4.78 is 5.07. The van der Waals surface area contributed by atoms with E-state index in [2.05, 4.69) is 29.0 Å². The van der Waals surface area contributed by atoms with Gasteiger partial charge < -0.3 is 19.9 Å². The Morgan fingerprint density at radius 1 is 1.32 bits per heavy atom. The molecule has 0 saturated carbocycles. The number of hydrogen-bond acceptors (Lipinski definition) is 5. The number of anilines is 2. The maximum Gasteiger partial charge on any atom is 0.321 e. The van der Waals surface area contributed by atoms with Crippen LogP contribution in [0.5, 0.6) is 0 Å². The van der Waals surface area contributed by atoms with Crippen LogP contribution in [0.15, 0.2) is 18.3 Å². The Kier molecular flexibility index (Phi) is 7.03. The van der Waals surface area contributed by atoms with Crippen LogP contribution in [0.4, 0.5) is 16.3 Å². The summed E-state index contributed by atoms with van der Waals surface area (Å²) in [5.41, 5.74) is 0.652. The quantitative estimate of drug-likeness (QED) is 0.800. The van der Waals surface area contributed by atoms with E-state index in [1.165, 1.54) is 0 Å². The number of hydrogen-bond donors (Lipinski definition) is 1. The van der Waals surface area contributed by atoms with E-state index in [-0.39, 0.29) is 17.9 Å². The molecular weight excluding hydrogens is 320 g/mol. The van der Waals surface area contributed by atoms with Gasteiger partial charge in [0.2, 0.25) is 0 Å². The maximum absolute atomic E-state index is 12.4. The first-order chi connectivity index (χ1) is 12.1. The third kappa shape index (κ3) is 5.08. The number of aromatic nitrogens is 1. The van der Waals surface area contributed by atoms with E-state index in [0.717, 1.165) is 31.7 Å². The number of carbonyl (C=O) groups is 2. The summed E-state index contributed by atoms with van der Waals surface area (Å²) in [6, 6.07) is 3.55. The lowest BCUT2D eigenvalue weighted by atomic mass is 9.98. The predicted octanol–water partition coefficient (Wildman–Crippen LogP) is 2.73. The molecule has 1 N–H and O–H groups in total. The Labute approximate surface area is 149 Å². The zero-order chi connectivity index (χ0) is 18.2. The van der Waals surface area contributed by atoms with Gasteiger partial charge in [-0.25, -0.2) is 9.78 Å². The molecule has 25 heavy (non-hydrogen) atoms. The molecule has 0 aliphatic carbocycles. The maximum atomic E-state index is 12.4. The van der Waals surface area contributed by atoms with Crippen molar-refractivity contribution in [2.45, 2.75) is 33.6 Å². The normalized spacial score (nSPS) is 17.1. The highest BCUT2D eigenvalue weighted by Gasteiger charge is 2.29. The number of esters is 1. The average Bonchev–Trinajstić information content (AvgIpc) is 2.64. The van der Waals surface area contributed by atoms with Crippen molar-refractivity contribution in [1.29, 1.82) is 0 Å². The van der Waals surface area contributed by atoms with Crippen LogP contribution in [0.2, 0.25) is 0 Å². The second kappa shape index (κ2) is 9.25. The number of ether oxygens (including phenoxy) is 1. The molecule has 0 spiro atoms. The summed E-state index contributed by atoms with van der Waals surface area (Å²) in [5, 5.41) is 2.86. The number of rotatable bonds is 6. The number of likely N-dealkylation sites (tertiary alicyclic amines) is 1. The van der Waals surface area contributed by atoms with Crippen LogP contribution in [-0.4, -0.2) is 54.7 Å². The first-order valence-electron chi connectivity index (χ1n) is 9.02. The fourth-order valence-electron chi connectivity index (χ4n) is 3.01. The van der Waals surface area contributed by atoms with Crippen molar-refractivity contribution >= 4 is 23.5 Å². The van der Waals surface area contributed by atoms with Gasteiger partial charge in [-0.05, 0) is 45.7 Å². The van der Waals surface area contributed by atoms with Crippen molar-refractivity contribution in [3.8, 4) is 0 Å². The summed E-state index contributed by atoms with van der Waals surface area (Å²) in [6.07, 6.45) is 3.23. The van der Waals surface area contributed by atoms with Crippen LogP contribution in [0.3, 0.4) is 0 Å². The molecule has 1 aromatic rings. The molecule has 1 aliphatic heterocycles. The third-order valence-electron chi connectivity index (χ3n) is 4.42. The molecule has 7 heteroatoms. The number of piperidine rings is 1. The van der Waals surface area contributed by atoms with Gasteiger partial charge >= 0.3 is 12.0 Å². The van der Waals surface area contributed by atoms with Crippen molar-refractivity contribution in [3.05, 3.63) is 18.3 Å². The molecule has 1 atom stereocenters. The zero-order valence-electron chi connectivity index (χ0n) is 15.3. The standard InChI is InChI=1S/C18H28N4O3/c1-4-21(5-2)16-10-9-15(12-19-16)20-18(24)22-11-7-8-14(13-22)17(23)25-6-3/h9-10,12,14H,4-8,11,13H2,1-3H3,(H,20,24). The molecule has 2 rings (SSSR count). The van der Waals surface area contributed by atoms with Gasteiger partial charge in [-0.3, -0.25) is 4.79 Å². The largest absolute Gasteiger partial charge is 0.466 e. The first-order valence-corrected chi connectivity index (χ1v) is 9.02. The fraction of sp³-hybridized carbons (Fsp3) is 0.611. The molecule has 1 saturated heterocycles. The van der Waals surface area contributed by atoms with Gasteiger partial charge in [0, 0.05) is 26.2 Å². The lowest BCUT2D eigenvalue weighted by molar-refractivity contribution is -0.149. The molecule has 7 nitrogen and oxygen atoms in total. The van der Waals surface area contributed by atoms with Crippen molar-refractivity contribution in [2.24, 2.45) is 5.92 Å². The highest BCUT2D eigenvalue weighted by atomic mass is 16.5. The Morgan fingerprint density at radius 3 is 2.68 bits per heavy atom. The smallest absolute Gasteiger partial charge is 0.321 e. The number of pyridine rings is 1. The van der Waals surface area contributed by atoms with Crippen LogP contribution in [0, 0.1) is 5.92 Å². The highest BCUT2D eigenvalue weighted by Crippen LogP contribution is 2.20. The summed E-state index contributed by atoms with van der Waals surface area (Å²) in [6.45, 7) is 9.14. The van der Waals surface area contributed by atoms with E-state index in [1.54, 1.807) is 18.0 Å².